The zero-order valence-corrected chi connectivity index (χ0v) is 10.4. The van der Waals surface area contributed by atoms with Crippen LogP contribution in [-0.2, 0) is 0 Å². The molecule has 16 heavy (non-hydrogen) atoms. The van der Waals surface area contributed by atoms with Crippen molar-refractivity contribution in [3.8, 4) is 0 Å². The molecule has 0 aliphatic rings. The van der Waals surface area contributed by atoms with Crippen molar-refractivity contribution in [1.29, 1.82) is 0 Å². The number of aromatic nitrogens is 1. The molecule has 0 aliphatic heterocycles. The maximum atomic E-state index is 12.1. The molecule has 1 aromatic heterocycles. The molecule has 1 N–H and O–H groups in total. The fourth-order valence-corrected chi connectivity index (χ4v) is 1.58. The zero-order chi connectivity index (χ0) is 12.1. The van der Waals surface area contributed by atoms with Crippen molar-refractivity contribution in [3.63, 3.8) is 0 Å². The van der Waals surface area contributed by atoms with Crippen molar-refractivity contribution in [1.82, 2.24) is 9.88 Å². The van der Waals surface area contributed by atoms with Crippen molar-refractivity contribution in [2.24, 2.45) is 0 Å². The third-order valence-electron chi connectivity index (χ3n) is 2.45. The number of amides is 1. The lowest BCUT2D eigenvalue weighted by molar-refractivity contribution is 0.0795. The van der Waals surface area contributed by atoms with E-state index in [-0.39, 0.29) is 5.91 Å². The van der Waals surface area contributed by atoms with Gasteiger partial charge in [-0.2, -0.15) is 0 Å². The second-order valence-electron chi connectivity index (χ2n) is 3.85. The SMILES string of the molecule is CCCN(C)C(=O)c1cnc(C)cc1NC. The largest absolute Gasteiger partial charge is 0.387 e. The van der Waals surface area contributed by atoms with Gasteiger partial charge >= 0.3 is 0 Å². The van der Waals surface area contributed by atoms with Crippen molar-refractivity contribution in [3.05, 3.63) is 23.5 Å². The Morgan fingerprint density at radius 1 is 1.56 bits per heavy atom. The number of hydrogen-bond donors (Lipinski definition) is 1. The van der Waals surface area contributed by atoms with E-state index in [0.717, 1.165) is 24.3 Å². The molecule has 0 unspecified atom stereocenters. The summed E-state index contributed by atoms with van der Waals surface area (Å²) >= 11 is 0. The molecule has 0 bridgehead atoms. The van der Waals surface area contributed by atoms with E-state index in [2.05, 4.69) is 17.2 Å². The van der Waals surface area contributed by atoms with Crippen molar-refractivity contribution >= 4 is 11.6 Å². The highest BCUT2D eigenvalue weighted by atomic mass is 16.2. The Morgan fingerprint density at radius 3 is 2.81 bits per heavy atom. The zero-order valence-electron chi connectivity index (χ0n) is 10.4. The van der Waals surface area contributed by atoms with E-state index in [0.29, 0.717) is 5.56 Å². The molecule has 0 aliphatic carbocycles. The third-order valence-corrected chi connectivity index (χ3v) is 2.45. The first-order valence-electron chi connectivity index (χ1n) is 5.50. The van der Waals surface area contributed by atoms with Crippen LogP contribution < -0.4 is 5.32 Å². The van der Waals surface area contributed by atoms with Crippen molar-refractivity contribution in [2.45, 2.75) is 20.3 Å². The molecule has 4 nitrogen and oxygen atoms in total. The van der Waals surface area contributed by atoms with Crippen molar-refractivity contribution in [2.75, 3.05) is 26.0 Å². The minimum absolute atomic E-state index is 0.0127. The number of nitrogens with one attached hydrogen (secondary N) is 1. The molecule has 0 fully saturated rings. The average Bonchev–Trinajstić information content (AvgIpc) is 2.28. The summed E-state index contributed by atoms with van der Waals surface area (Å²) in [7, 11) is 3.62. The lowest BCUT2D eigenvalue weighted by Crippen LogP contribution is -2.28. The van der Waals surface area contributed by atoms with Gasteiger partial charge in [-0.1, -0.05) is 6.92 Å². The molecule has 0 aromatic carbocycles. The summed E-state index contributed by atoms with van der Waals surface area (Å²) in [5.74, 6) is 0.0127. The number of anilines is 1. The molecular formula is C12H19N3O. The van der Waals surface area contributed by atoms with E-state index >= 15 is 0 Å². The smallest absolute Gasteiger partial charge is 0.257 e. The summed E-state index contributed by atoms with van der Waals surface area (Å²) in [6.07, 6.45) is 2.59. The van der Waals surface area contributed by atoms with Crippen LogP contribution in [0.2, 0.25) is 0 Å². The maximum Gasteiger partial charge on any atom is 0.257 e. The number of pyridine rings is 1. The monoisotopic (exact) mass is 221 g/mol. The predicted molar refractivity (Wildman–Crippen MR) is 65.8 cm³/mol. The summed E-state index contributed by atoms with van der Waals surface area (Å²) < 4.78 is 0. The molecule has 0 atom stereocenters. The van der Waals surface area contributed by atoms with Crippen LogP contribution in [0.1, 0.15) is 29.4 Å². The number of carbonyl (C=O) groups is 1. The first-order chi connectivity index (χ1) is 7.60. The van der Waals surface area contributed by atoms with Crippen LogP contribution in [0, 0.1) is 6.92 Å². The van der Waals surface area contributed by atoms with Crippen LogP contribution in [-0.4, -0.2) is 36.4 Å². The summed E-state index contributed by atoms with van der Waals surface area (Å²) in [5.41, 5.74) is 2.36. The number of hydrogen-bond acceptors (Lipinski definition) is 3. The molecule has 0 saturated carbocycles. The Bertz CT molecular complexity index is 377. The molecule has 1 aromatic rings. The van der Waals surface area contributed by atoms with Crippen LogP contribution in [0.5, 0.6) is 0 Å². The van der Waals surface area contributed by atoms with Gasteiger partial charge in [-0.25, -0.2) is 0 Å². The lowest BCUT2D eigenvalue weighted by Gasteiger charge is -2.18. The minimum Gasteiger partial charge on any atom is -0.387 e. The highest BCUT2D eigenvalue weighted by molar-refractivity contribution is 5.99. The normalized spacial score (nSPS) is 10.0. The van der Waals surface area contributed by atoms with Crippen molar-refractivity contribution < 1.29 is 4.79 Å². The van der Waals surface area contributed by atoms with Gasteiger partial charge in [0.2, 0.25) is 0 Å². The first kappa shape index (κ1) is 12.5. The third kappa shape index (κ3) is 2.72. The van der Waals surface area contributed by atoms with Gasteiger partial charge in [0, 0.05) is 32.5 Å². The van der Waals surface area contributed by atoms with Crippen LogP contribution in [0.4, 0.5) is 5.69 Å². The Morgan fingerprint density at radius 2 is 2.25 bits per heavy atom. The topological polar surface area (TPSA) is 45.2 Å². The molecule has 88 valence electrons. The molecule has 0 radical (unpaired) electrons. The first-order valence-corrected chi connectivity index (χ1v) is 5.50. The Balaban J connectivity index is 2.98. The minimum atomic E-state index is 0.0127. The Hall–Kier alpha value is -1.58. The van der Waals surface area contributed by atoms with Gasteiger partial charge in [0.05, 0.1) is 11.3 Å². The molecule has 0 saturated heterocycles. The van der Waals surface area contributed by atoms with Gasteiger partial charge in [-0.05, 0) is 19.4 Å². The number of nitrogens with zero attached hydrogens (tertiary/aromatic N) is 2. The molecular weight excluding hydrogens is 202 g/mol. The molecule has 4 heteroatoms. The maximum absolute atomic E-state index is 12.1. The summed E-state index contributed by atoms with van der Waals surface area (Å²) in [6, 6.07) is 1.88. The quantitative estimate of drug-likeness (QED) is 0.844. The second-order valence-corrected chi connectivity index (χ2v) is 3.85. The highest BCUT2D eigenvalue weighted by Gasteiger charge is 2.15. The van der Waals surface area contributed by atoms with Crippen LogP contribution in [0.15, 0.2) is 12.3 Å². The van der Waals surface area contributed by atoms with E-state index in [9.17, 15) is 4.79 Å². The highest BCUT2D eigenvalue weighted by Crippen LogP contribution is 2.16. The molecule has 0 spiro atoms. The van der Waals surface area contributed by atoms with Crippen LogP contribution in [0.25, 0.3) is 0 Å². The van der Waals surface area contributed by atoms with Gasteiger partial charge < -0.3 is 10.2 Å². The van der Waals surface area contributed by atoms with Crippen LogP contribution >= 0.6 is 0 Å². The van der Waals surface area contributed by atoms with E-state index < -0.39 is 0 Å². The van der Waals surface area contributed by atoms with Gasteiger partial charge in [-0.3, -0.25) is 9.78 Å². The summed E-state index contributed by atoms with van der Waals surface area (Å²) in [5, 5.41) is 3.03. The molecule has 1 amide bonds. The van der Waals surface area contributed by atoms with Gasteiger partial charge in [0.25, 0.3) is 5.91 Å². The number of rotatable bonds is 4. The Labute approximate surface area is 96.7 Å². The fourth-order valence-electron chi connectivity index (χ4n) is 1.58. The van der Waals surface area contributed by atoms with Gasteiger partial charge in [0.15, 0.2) is 0 Å². The van der Waals surface area contributed by atoms with E-state index in [1.807, 2.05) is 27.1 Å². The number of aryl methyl sites for hydroxylation is 1. The van der Waals surface area contributed by atoms with Gasteiger partial charge in [-0.15, -0.1) is 0 Å². The second kappa shape index (κ2) is 5.49. The summed E-state index contributed by atoms with van der Waals surface area (Å²) in [4.78, 5) is 18.0. The fraction of sp³-hybridized carbons (Fsp3) is 0.500. The van der Waals surface area contributed by atoms with E-state index in [1.165, 1.54) is 0 Å². The number of carbonyl (C=O) groups excluding carboxylic acids is 1. The Kier molecular flexibility index (Phi) is 4.28. The molecule has 1 heterocycles. The molecule has 1 rings (SSSR count). The van der Waals surface area contributed by atoms with Crippen LogP contribution in [0.3, 0.4) is 0 Å². The van der Waals surface area contributed by atoms with E-state index in [4.69, 9.17) is 0 Å². The van der Waals surface area contributed by atoms with Gasteiger partial charge in [0.1, 0.15) is 0 Å². The predicted octanol–water partition coefficient (Wildman–Crippen LogP) is 1.91. The summed E-state index contributed by atoms with van der Waals surface area (Å²) in [6.45, 7) is 4.72. The lowest BCUT2D eigenvalue weighted by atomic mass is 10.2. The standard InChI is InChI=1S/C12H19N3O/c1-5-6-15(4)12(16)10-8-14-9(2)7-11(10)13-3/h7-8H,5-6H2,1-4H3,(H,13,14). The van der Waals surface area contributed by atoms with E-state index in [1.54, 1.807) is 11.1 Å². The average molecular weight is 221 g/mol.